The Bertz CT molecular complexity index is 404. The van der Waals surface area contributed by atoms with Gasteiger partial charge in [-0.05, 0) is 12.1 Å². The van der Waals surface area contributed by atoms with Gasteiger partial charge in [-0.15, -0.1) is 5.46 Å². The maximum Gasteiger partial charge on any atom is 0.509 e. The summed E-state index contributed by atoms with van der Waals surface area (Å²) in [5.74, 6) is -0.0627. The Hall–Kier alpha value is -1.38. The summed E-state index contributed by atoms with van der Waals surface area (Å²) >= 11 is 0. The van der Waals surface area contributed by atoms with Crippen LogP contribution in [0, 0.1) is 0 Å². The minimum Gasteiger partial charge on any atom is -0.491 e. The van der Waals surface area contributed by atoms with Crippen molar-refractivity contribution >= 4 is 12.4 Å². The molecule has 19 heavy (non-hydrogen) atoms. The lowest BCUT2D eigenvalue weighted by Crippen LogP contribution is -2.33. The van der Waals surface area contributed by atoms with Crippen molar-refractivity contribution in [2.24, 2.45) is 0 Å². The van der Waals surface area contributed by atoms with Gasteiger partial charge in [-0.25, -0.2) is 0 Å². The summed E-state index contributed by atoms with van der Waals surface area (Å²) < 4.78 is 81.4. The van der Waals surface area contributed by atoms with Crippen molar-refractivity contribution < 1.29 is 35.6 Å². The van der Waals surface area contributed by atoms with Crippen molar-refractivity contribution in [3.63, 3.8) is 0 Å². The molecule has 0 heterocycles. The molecule has 0 bridgehead atoms. The predicted molar refractivity (Wildman–Crippen MR) is 57.5 cm³/mol. The summed E-state index contributed by atoms with van der Waals surface area (Å²) in [6.07, 6.45) is -4.43. The smallest absolute Gasteiger partial charge is 0.491 e. The zero-order valence-corrected chi connectivity index (χ0v) is 9.59. The maximum absolute atomic E-state index is 12.4. The van der Waals surface area contributed by atoms with E-state index in [0.717, 1.165) is 18.2 Å². The lowest BCUT2D eigenvalue weighted by atomic mass is 9.80. The van der Waals surface area contributed by atoms with E-state index in [1.54, 1.807) is 0 Å². The number of rotatable bonds is 6. The first-order chi connectivity index (χ1) is 8.68. The number of alkyl halides is 3. The van der Waals surface area contributed by atoms with Gasteiger partial charge in [0.05, 0.1) is 6.61 Å². The summed E-state index contributed by atoms with van der Waals surface area (Å²) in [5.41, 5.74) is -0.825. The summed E-state index contributed by atoms with van der Waals surface area (Å²) in [6.45, 7) is -7.16. The van der Waals surface area contributed by atoms with Crippen LogP contribution < -0.4 is 10.2 Å². The first kappa shape index (κ1) is 15.7. The van der Waals surface area contributed by atoms with Crippen LogP contribution in [0.15, 0.2) is 24.3 Å². The van der Waals surface area contributed by atoms with Crippen molar-refractivity contribution in [3.8, 4) is 5.75 Å². The highest BCUT2D eigenvalue weighted by Gasteiger charge is 2.27. The Labute approximate surface area is 105 Å². The zero-order valence-electron chi connectivity index (χ0n) is 9.59. The number of benzene rings is 1. The molecule has 1 aromatic carbocycles. The molecule has 0 amide bonds. The van der Waals surface area contributed by atoms with Gasteiger partial charge in [-0.1, -0.05) is 12.1 Å². The Morgan fingerprint density at radius 2 is 1.74 bits per heavy atom. The van der Waals surface area contributed by atoms with Crippen LogP contribution in [-0.4, -0.2) is 33.0 Å². The fourth-order valence-corrected chi connectivity index (χ4v) is 1.21. The fourth-order valence-electron chi connectivity index (χ4n) is 1.21. The van der Waals surface area contributed by atoms with Gasteiger partial charge in [0.1, 0.15) is 19.0 Å². The molecule has 9 heteroatoms. The van der Waals surface area contributed by atoms with Crippen LogP contribution >= 0.6 is 0 Å². The zero-order chi connectivity index (χ0) is 14.5. The van der Waals surface area contributed by atoms with Crippen LogP contribution in [0.3, 0.4) is 0 Å². The van der Waals surface area contributed by atoms with E-state index in [1.165, 1.54) is 6.07 Å². The van der Waals surface area contributed by atoms with E-state index in [-0.39, 0.29) is 19.0 Å². The highest BCUT2D eigenvalue weighted by Crippen LogP contribution is 2.15. The van der Waals surface area contributed by atoms with Crippen LogP contribution in [0.2, 0.25) is 0 Å². The van der Waals surface area contributed by atoms with Gasteiger partial charge in [0, 0.05) is 0 Å². The van der Waals surface area contributed by atoms with E-state index in [2.05, 4.69) is 4.74 Å². The molecule has 1 aromatic rings. The van der Waals surface area contributed by atoms with Crippen LogP contribution in [-0.2, 0) is 4.74 Å². The van der Waals surface area contributed by atoms with Crippen LogP contribution in [0.5, 0.6) is 5.75 Å². The SMILES string of the molecule is F[B-](F)(F)c1cccc(OCCOCC(F)(F)F)c1. The molecular weight excluding hydrogens is 277 g/mol. The van der Waals surface area contributed by atoms with Crippen molar-refractivity contribution in [2.75, 3.05) is 19.8 Å². The van der Waals surface area contributed by atoms with Gasteiger partial charge in [0.25, 0.3) is 0 Å². The van der Waals surface area contributed by atoms with Crippen LogP contribution in [0.4, 0.5) is 26.1 Å². The molecule has 0 spiro atoms. The number of halogens is 6. The second-order valence-electron chi connectivity index (χ2n) is 3.66. The highest BCUT2D eigenvalue weighted by atomic mass is 19.4. The van der Waals surface area contributed by atoms with E-state index in [9.17, 15) is 26.1 Å². The monoisotopic (exact) mass is 287 g/mol. The lowest BCUT2D eigenvalue weighted by Gasteiger charge is -2.16. The molecular formula is C10H10BF6O2-. The quantitative estimate of drug-likeness (QED) is 0.455. The van der Waals surface area contributed by atoms with E-state index < -0.39 is 25.2 Å². The van der Waals surface area contributed by atoms with Gasteiger partial charge in [0.2, 0.25) is 0 Å². The van der Waals surface area contributed by atoms with Crippen molar-refractivity contribution in [3.05, 3.63) is 24.3 Å². The Kier molecular flexibility index (Phi) is 5.10. The second-order valence-corrected chi connectivity index (χ2v) is 3.66. The van der Waals surface area contributed by atoms with Crippen molar-refractivity contribution in [1.29, 1.82) is 0 Å². The molecule has 1 rings (SSSR count). The number of hydrogen-bond acceptors (Lipinski definition) is 2. The maximum atomic E-state index is 12.4. The molecule has 108 valence electrons. The fraction of sp³-hybridized carbons (Fsp3) is 0.400. The second kappa shape index (κ2) is 6.18. The summed E-state index contributed by atoms with van der Waals surface area (Å²) in [5, 5.41) is 0. The van der Waals surface area contributed by atoms with E-state index in [0.29, 0.717) is 0 Å². The summed E-state index contributed by atoms with van der Waals surface area (Å²) in [4.78, 5) is 0. The molecule has 0 saturated heterocycles. The molecule has 0 unspecified atom stereocenters. The summed E-state index contributed by atoms with van der Waals surface area (Å²) in [7, 11) is 0. The average Bonchev–Trinajstić information content (AvgIpc) is 2.26. The molecule has 0 atom stereocenters. The molecule has 0 saturated carbocycles. The lowest BCUT2D eigenvalue weighted by molar-refractivity contribution is -0.175. The largest absolute Gasteiger partial charge is 0.509 e. The van der Waals surface area contributed by atoms with Crippen LogP contribution in [0.25, 0.3) is 0 Å². The molecule has 0 aliphatic rings. The summed E-state index contributed by atoms with van der Waals surface area (Å²) in [6, 6.07) is 4.14. The Morgan fingerprint density at radius 3 is 2.32 bits per heavy atom. The highest BCUT2D eigenvalue weighted by molar-refractivity contribution is 6.73. The van der Waals surface area contributed by atoms with Gasteiger partial charge in [0.15, 0.2) is 0 Å². The van der Waals surface area contributed by atoms with Crippen molar-refractivity contribution in [1.82, 2.24) is 0 Å². The molecule has 0 fully saturated rings. The Morgan fingerprint density at radius 1 is 1.05 bits per heavy atom. The molecule has 0 N–H and O–H groups in total. The standard InChI is InChI=1S/C10H10BF6O2/c12-10(13,14)7-18-4-5-19-9-3-1-2-8(6-9)11(15,16)17/h1-3,6H,4-5,7H2/q-1. The molecule has 0 aromatic heterocycles. The van der Waals surface area contributed by atoms with E-state index in [1.807, 2.05) is 0 Å². The molecule has 0 aliphatic carbocycles. The normalized spacial score (nSPS) is 12.5. The van der Waals surface area contributed by atoms with Crippen LogP contribution in [0.1, 0.15) is 0 Å². The average molecular weight is 287 g/mol. The number of ether oxygens (including phenoxy) is 2. The first-order valence-electron chi connectivity index (χ1n) is 5.26. The third-order valence-electron chi connectivity index (χ3n) is 2.00. The molecule has 2 nitrogen and oxygen atoms in total. The van der Waals surface area contributed by atoms with Gasteiger partial charge in [-0.2, -0.15) is 13.2 Å². The first-order valence-corrected chi connectivity index (χ1v) is 5.26. The minimum atomic E-state index is -5.13. The Balaban J connectivity index is 2.38. The van der Waals surface area contributed by atoms with Gasteiger partial charge >= 0.3 is 13.2 Å². The topological polar surface area (TPSA) is 18.5 Å². The van der Waals surface area contributed by atoms with Gasteiger partial charge in [-0.3, -0.25) is 0 Å². The van der Waals surface area contributed by atoms with E-state index >= 15 is 0 Å². The third-order valence-corrected chi connectivity index (χ3v) is 2.00. The molecule has 0 radical (unpaired) electrons. The predicted octanol–water partition coefficient (Wildman–Crippen LogP) is 2.70. The molecule has 0 aliphatic heterocycles. The van der Waals surface area contributed by atoms with Crippen molar-refractivity contribution in [2.45, 2.75) is 6.18 Å². The minimum absolute atomic E-state index is 0.0627. The number of hydrogen-bond donors (Lipinski definition) is 0. The van der Waals surface area contributed by atoms with E-state index in [4.69, 9.17) is 4.74 Å². The third kappa shape index (κ3) is 6.37. The van der Waals surface area contributed by atoms with Gasteiger partial charge < -0.3 is 22.4 Å².